The Hall–Kier alpha value is -1.09. The van der Waals surface area contributed by atoms with Crippen LogP contribution >= 0.6 is 47.8 Å². The van der Waals surface area contributed by atoms with Crippen molar-refractivity contribution in [1.82, 2.24) is 9.80 Å². The van der Waals surface area contributed by atoms with Gasteiger partial charge >= 0.3 is 0 Å². The number of halogens is 3. The van der Waals surface area contributed by atoms with Crippen molar-refractivity contribution in [2.75, 3.05) is 41.9 Å². The van der Waals surface area contributed by atoms with Crippen molar-refractivity contribution in [3.05, 3.63) is 54.9 Å². The lowest BCUT2D eigenvalue weighted by Gasteiger charge is -2.28. The van der Waals surface area contributed by atoms with Gasteiger partial charge in [0.1, 0.15) is 11.5 Å². The smallest absolute Gasteiger partial charge is 0.240 e. The lowest BCUT2D eigenvalue weighted by Crippen LogP contribution is -2.46. The van der Waals surface area contributed by atoms with Crippen LogP contribution in [0.2, 0.25) is 0 Å². The minimum absolute atomic E-state index is 0.0899. The Morgan fingerprint density at radius 2 is 1.57 bits per heavy atom. The monoisotopic (exact) mass is 604 g/mol. The SMILES string of the molecule is COc1ccc(C[C@H](C(=O)N(C)CCc2cc(OC)c(Br)cc2Br)N(C)C)cc1Br. The number of nitrogens with zero attached hydrogens (tertiary/aromatic N) is 2. The number of likely N-dealkylation sites (N-methyl/N-ethyl adjacent to an activating group) is 2. The summed E-state index contributed by atoms with van der Waals surface area (Å²) in [5, 5.41) is 0. The highest BCUT2D eigenvalue weighted by molar-refractivity contribution is 9.11. The van der Waals surface area contributed by atoms with Gasteiger partial charge in [-0.15, -0.1) is 0 Å². The van der Waals surface area contributed by atoms with Crippen molar-refractivity contribution in [3.8, 4) is 11.5 Å². The zero-order chi connectivity index (χ0) is 22.4. The van der Waals surface area contributed by atoms with Crippen LogP contribution in [0.4, 0.5) is 0 Å². The van der Waals surface area contributed by atoms with E-state index in [9.17, 15) is 4.79 Å². The molecular weight excluding hydrogens is 580 g/mol. The highest BCUT2D eigenvalue weighted by Crippen LogP contribution is 2.32. The summed E-state index contributed by atoms with van der Waals surface area (Å²) in [6, 6.07) is 9.63. The highest BCUT2D eigenvalue weighted by atomic mass is 79.9. The molecule has 164 valence electrons. The molecule has 2 rings (SSSR count). The molecule has 0 radical (unpaired) electrons. The van der Waals surface area contributed by atoms with Crippen LogP contribution in [0.1, 0.15) is 11.1 Å². The van der Waals surface area contributed by atoms with E-state index in [4.69, 9.17) is 9.47 Å². The second kappa shape index (κ2) is 11.5. The lowest BCUT2D eigenvalue weighted by molar-refractivity contribution is -0.134. The van der Waals surface area contributed by atoms with Crippen molar-refractivity contribution in [3.63, 3.8) is 0 Å². The summed E-state index contributed by atoms with van der Waals surface area (Å²) in [6.45, 7) is 0.610. The summed E-state index contributed by atoms with van der Waals surface area (Å²) in [5.74, 6) is 1.64. The summed E-state index contributed by atoms with van der Waals surface area (Å²) in [6.07, 6.45) is 1.34. The first-order valence-corrected chi connectivity index (χ1v) is 11.8. The van der Waals surface area contributed by atoms with E-state index in [0.717, 1.165) is 42.5 Å². The van der Waals surface area contributed by atoms with Crippen LogP contribution < -0.4 is 9.47 Å². The molecule has 0 aliphatic carbocycles. The van der Waals surface area contributed by atoms with E-state index in [-0.39, 0.29) is 11.9 Å². The Morgan fingerprint density at radius 3 is 2.13 bits per heavy atom. The average molecular weight is 607 g/mol. The molecule has 0 saturated heterocycles. The molecule has 0 aromatic heterocycles. The minimum atomic E-state index is -0.252. The van der Waals surface area contributed by atoms with Crippen molar-refractivity contribution in [2.24, 2.45) is 0 Å². The van der Waals surface area contributed by atoms with Gasteiger partial charge in [0.15, 0.2) is 0 Å². The maximum Gasteiger partial charge on any atom is 0.240 e. The van der Waals surface area contributed by atoms with Crippen LogP contribution in [0.5, 0.6) is 11.5 Å². The fourth-order valence-corrected chi connectivity index (χ4v) is 5.06. The molecule has 5 nitrogen and oxygen atoms in total. The first kappa shape index (κ1) is 25.2. The molecule has 1 atom stereocenters. The number of ether oxygens (including phenoxy) is 2. The quantitative estimate of drug-likeness (QED) is 0.395. The fraction of sp³-hybridized carbons (Fsp3) is 0.409. The third-order valence-corrected chi connectivity index (χ3v) is 6.94. The summed E-state index contributed by atoms with van der Waals surface area (Å²) >= 11 is 10.6. The number of hydrogen-bond donors (Lipinski definition) is 0. The molecule has 30 heavy (non-hydrogen) atoms. The Balaban J connectivity index is 2.09. The van der Waals surface area contributed by atoms with E-state index in [0.29, 0.717) is 13.0 Å². The number of methoxy groups -OCH3 is 2. The van der Waals surface area contributed by atoms with Crippen LogP contribution in [0, 0.1) is 0 Å². The van der Waals surface area contributed by atoms with Gasteiger partial charge in [-0.25, -0.2) is 0 Å². The number of carbonyl (C=O) groups excluding carboxylic acids is 1. The molecule has 1 amide bonds. The van der Waals surface area contributed by atoms with E-state index in [2.05, 4.69) is 47.8 Å². The molecule has 0 spiro atoms. The normalized spacial score (nSPS) is 12.0. The van der Waals surface area contributed by atoms with Crippen LogP contribution in [-0.2, 0) is 17.6 Å². The number of benzene rings is 2. The second-order valence-corrected chi connectivity index (χ2v) is 9.80. The van der Waals surface area contributed by atoms with Crippen molar-refractivity contribution >= 4 is 53.7 Å². The van der Waals surface area contributed by atoms with Crippen LogP contribution in [0.15, 0.2) is 43.7 Å². The number of rotatable bonds is 9. The first-order chi connectivity index (χ1) is 14.2. The van der Waals surface area contributed by atoms with Crippen molar-refractivity contribution < 1.29 is 14.3 Å². The molecule has 2 aromatic carbocycles. The molecule has 0 heterocycles. The van der Waals surface area contributed by atoms with Gasteiger partial charge in [-0.1, -0.05) is 22.0 Å². The topological polar surface area (TPSA) is 42.0 Å². The first-order valence-electron chi connectivity index (χ1n) is 9.43. The average Bonchev–Trinajstić information content (AvgIpc) is 2.70. The molecule has 0 saturated carbocycles. The van der Waals surface area contributed by atoms with Gasteiger partial charge in [-0.05, 0) is 94.2 Å². The molecule has 0 aliphatic heterocycles. The van der Waals surface area contributed by atoms with Gasteiger partial charge < -0.3 is 14.4 Å². The zero-order valence-corrected chi connectivity index (χ0v) is 22.6. The third kappa shape index (κ3) is 6.45. The van der Waals surface area contributed by atoms with E-state index in [1.54, 1.807) is 19.1 Å². The van der Waals surface area contributed by atoms with E-state index >= 15 is 0 Å². The highest BCUT2D eigenvalue weighted by Gasteiger charge is 2.25. The maximum atomic E-state index is 13.2. The van der Waals surface area contributed by atoms with Crippen LogP contribution in [0.3, 0.4) is 0 Å². The largest absolute Gasteiger partial charge is 0.496 e. The summed E-state index contributed by atoms with van der Waals surface area (Å²) < 4.78 is 13.5. The molecule has 0 N–H and O–H groups in total. The fourth-order valence-electron chi connectivity index (χ4n) is 3.12. The van der Waals surface area contributed by atoms with Crippen LogP contribution in [0.25, 0.3) is 0 Å². The van der Waals surface area contributed by atoms with Gasteiger partial charge in [0.25, 0.3) is 0 Å². The molecule has 0 aliphatic rings. The Morgan fingerprint density at radius 1 is 0.933 bits per heavy atom. The molecule has 0 unspecified atom stereocenters. The molecular formula is C22H27Br3N2O3. The Kier molecular flexibility index (Phi) is 9.66. The zero-order valence-electron chi connectivity index (χ0n) is 17.8. The van der Waals surface area contributed by atoms with Gasteiger partial charge in [0.2, 0.25) is 5.91 Å². The van der Waals surface area contributed by atoms with Gasteiger partial charge in [0, 0.05) is 18.1 Å². The van der Waals surface area contributed by atoms with Gasteiger partial charge in [-0.3, -0.25) is 9.69 Å². The maximum absolute atomic E-state index is 13.2. The number of hydrogen-bond acceptors (Lipinski definition) is 4. The number of carbonyl (C=O) groups is 1. The van der Waals surface area contributed by atoms with Gasteiger partial charge in [-0.2, -0.15) is 0 Å². The predicted octanol–water partition coefficient (Wildman–Crippen LogP) is 5.17. The molecule has 0 fully saturated rings. The molecule has 8 heteroatoms. The minimum Gasteiger partial charge on any atom is -0.496 e. The Bertz CT molecular complexity index is 890. The van der Waals surface area contributed by atoms with Crippen LogP contribution in [-0.4, -0.2) is 63.7 Å². The standard InChI is InChI=1S/C22H27Br3N2O3/c1-26(2)19(11-14-6-7-20(29-4)17(24)10-14)22(28)27(3)9-8-15-12-21(30-5)18(25)13-16(15)23/h6-7,10,12-13,19H,8-9,11H2,1-5H3/t19-/m1/s1. The lowest BCUT2D eigenvalue weighted by atomic mass is 10.0. The van der Waals surface area contributed by atoms with Gasteiger partial charge in [0.05, 0.1) is 29.2 Å². The summed E-state index contributed by atoms with van der Waals surface area (Å²) in [4.78, 5) is 16.9. The predicted molar refractivity (Wildman–Crippen MR) is 132 cm³/mol. The van der Waals surface area contributed by atoms with Crippen molar-refractivity contribution in [1.29, 1.82) is 0 Å². The Labute approximate surface area is 204 Å². The summed E-state index contributed by atoms with van der Waals surface area (Å²) in [5.41, 5.74) is 2.17. The van der Waals surface area contributed by atoms with E-state index in [1.165, 1.54) is 0 Å². The van der Waals surface area contributed by atoms with E-state index < -0.39 is 0 Å². The second-order valence-electron chi connectivity index (χ2n) is 7.24. The number of amides is 1. The van der Waals surface area contributed by atoms with Crippen molar-refractivity contribution in [2.45, 2.75) is 18.9 Å². The van der Waals surface area contributed by atoms with E-state index in [1.807, 2.05) is 56.4 Å². The molecule has 0 bridgehead atoms. The third-order valence-electron chi connectivity index (χ3n) is 4.97. The summed E-state index contributed by atoms with van der Waals surface area (Å²) in [7, 11) is 9.01. The molecule has 2 aromatic rings.